The quantitative estimate of drug-likeness (QED) is 0.883. The summed E-state index contributed by atoms with van der Waals surface area (Å²) in [5.41, 5.74) is 1.12. The predicted octanol–water partition coefficient (Wildman–Crippen LogP) is 1.88. The second kappa shape index (κ2) is 5.80. The first-order chi connectivity index (χ1) is 9.43. The zero-order valence-corrected chi connectivity index (χ0v) is 10.6. The van der Waals surface area contributed by atoms with Crippen molar-refractivity contribution in [2.24, 2.45) is 0 Å². The average Bonchev–Trinajstić information content (AvgIpc) is 2.73. The molecule has 2 aromatic rings. The van der Waals surface area contributed by atoms with Gasteiger partial charge in [0.1, 0.15) is 5.82 Å². The Labute approximate surface area is 113 Å². The van der Waals surface area contributed by atoms with Crippen molar-refractivity contribution in [2.45, 2.75) is 31.7 Å². The smallest absolute Gasteiger partial charge is 0.396 e. The Morgan fingerprint density at radius 1 is 1.25 bits per heavy atom. The van der Waals surface area contributed by atoms with E-state index in [0.29, 0.717) is 29.7 Å². The third kappa shape index (κ3) is 3.10. The van der Waals surface area contributed by atoms with E-state index in [9.17, 15) is 18.3 Å². The second-order valence-corrected chi connectivity index (χ2v) is 4.51. The zero-order valence-electron chi connectivity index (χ0n) is 10.6. The molecule has 0 unspecified atom stereocenters. The maximum Gasteiger partial charge on any atom is 0.416 e. The van der Waals surface area contributed by atoms with E-state index < -0.39 is 18.8 Å². The van der Waals surface area contributed by atoms with Gasteiger partial charge in [0.25, 0.3) is 0 Å². The van der Waals surface area contributed by atoms with Crippen molar-refractivity contribution < 1.29 is 23.4 Å². The fourth-order valence-corrected chi connectivity index (χ4v) is 2.03. The van der Waals surface area contributed by atoms with E-state index in [4.69, 9.17) is 5.11 Å². The fourth-order valence-electron chi connectivity index (χ4n) is 2.03. The summed E-state index contributed by atoms with van der Waals surface area (Å²) in [5.74, 6) is 0.434. The number of alkyl halides is 3. The SMILES string of the molecule is OCCCc1nc2ccccc2n1C[C@H](O)C(F)(F)F. The number of hydrogen-bond acceptors (Lipinski definition) is 3. The highest BCUT2D eigenvalue weighted by atomic mass is 19.4. The first kappa shape index (κ1) is 14.8. The van der Waals surface area contributed by atoms with E-state index in [2.05, 4.69) is 4.98 Å². The molecule has 0 saturated carbocycles. The van der Waals surface area contributed by atoms with E-state index in [-0.39, 0.29) is 6.61 Å². The molecular weight excluding hydrogens is 273 g/mol. The lowest BCUT2D eigenvalue weighted by molar-refractivity contribution is -0.207. The molecule has 1 atom stereocenters. The van der Waals surface area contributed by atoms with E-state index in [1.165, 1.54) is 4.57 Å². The molecule has 0 bridgehead atoms. The van der Waals surface area contributed by atoms with Crippen molar-refractivity contribution >= 4 is 11.0 Å². The van der Waals surface area contributed by atoms with Gasteiger partial charge in [0, 0.05) is 13.0 Å². The number of para-hydroxylation sites is 2. The number of aliphatic hydroxyl groups excluding tert-OH is 2. The van der Waals surface area contributed by atoms with Crippen LogP contribution < -0.4 is 0 Å². The van der Waals surface area contributed by atoms with Gasteiger partial charge in [-0.15, -0.1) is 0 Å². The lowest BCUT2D eigenvalue weighted by Gasteiger charge is -2.17. The number of imidazole rings is 1. The number of aromatic nitrogens is 2. The van der Waals surface area contributed by atoms with Gasteiger partial charge in [0.2, 0.25) is 0 Å². The monoisotopic (exact) mass is 288 g/mol. The van der Waals surface area contributed by atoms with Crippen molar-refractivity contribution in [1.82, 2.24) is 9.55 Å². The molecule has 0 radical (unpaired) electrons. The first-order valence-corrected chi connectivity index (χ1v) is 6.23. The molecule has 0 saturated heterocycles. The Hall–Kier alpha value is -1.60. The summed E-state index contributed by atoms with van der Waals surface area (Å²) in [6, 6.07) is 6.81. The molecule has 1 aromatic heterocycles. The maximum atomic E-state index is 12.5. The van der Waals surface area contributed by atoms with Crippen LogP contribution in [0.5, 0.6) is 0 Å². The molecule has 4 nitrogen and oxygen atoms in total. The van der Waals surface area contributed by atoms with Crippen LogP contribution in [0.1, 0.15) is 12.2 Å². The summed E-state index contributed by atoms with van der Waals surface area (Å²) in [7, 11) is 0. The van der Waals surface area contributed by atoms with Gasteiger partial charge in [-0.1, -0.05) is 12.1 Å². The minimum absolute atomic E-state index is 0.0645. The molecule has 110 valence electrons. The van der Waals surface area contributed by atoms with Crippen LogP contribution in [0.2, 0.25) is 0 Å². The number of aryl methyl sites for hydroxylation is 1. The third-order valence-corrected chi connectivity index (χ3v) is 3.03. The van der Waals surface area contributed by atoms with Crippen LogP contribution in [0.3, 0.4) is 0 Å². The van der Waals surface area contributed by atoms with E-state index >= 15 is 0 Å². The Morgan fingerprint density at radius 3 is 2.60 bits per heavy atom. The lowest BCUT2D eigenvalue weighted by Crippen LogP contribution is -2.33. The summed E-state index contributed by atoms with van der Waals surface area (Å²) >= 11 is 0. The Kier molecular flexibility index (Phi) is 4.29. The number of rotatable bonds is 5. The minimum Gasteiger partial charge on any atom is -0.396 e. The summed E-state index contributed by atoms with van der Waals surface area (Å²) in [6.45, 7) is -0.657. The average molecular weight is 288 g/mol. The zero-order chi connectivity index (χ0) is 14.8. The normalized spacial score (nSPS) is 13.8. The van der Waals surface area contributed by atoms with E-state index in [1.54, 1.807) is 24.3 Å². The third-order valence-electron chi connectivity index (χ3n) is 3.03. The molecule has 0 aliphatic carbocycles. The summed E-state index contributed by atoms with van der Waals surface area (Å²) < 4.78 is 38.9. The van der Waals surface area contributed by atoms with Gasteiger partial charge in [-0.3, -0.25) is 0 Å². The number of aliphatic hydroxyl groups is 2. The van der Waals surface area contributed by atoms with Crippen LogP contribution in [-0.4, -0.2) is 38.7 Å². The molecule has 1 heterocycles. The molecule has 0 fully saturated rings. The molecule has 0 spiro atoms. The van der Waals surface area contributed by atoms with Gasteiger partial charge in [0.15, 0.2) is 6.10 Å². The summed E-state index contributed by atoms with van der Waals surface area (Å²) in [5, 5.41) is 18.1. The van der Waals surface area contributed by atoms with Crippen LogP contribution in [0, 0.1) is 0 Å². The number of halogens is 3. The molecule has 20 heavy (non-hydrogen) atoms. The van der Waals surface area contributed by atoms with Gasteiger partial charge in [-0.05, 0) is 18.6 Å². The molecule has 0 aliphatic rings. The highest BCUT2D eigenvalue weighted by molar-refractivity contribution is 5.75. The topological polar surface area (TPSA) is 58.3 Å². The lowest BCUT2D eigenvalue weighted by atomic mass is 10.2. The van der Waals surface area contributed by atoms with Crippen molar-refractivity contribution in [3.63, 3.8) is 0 Å². The Morgan fingerprint density at radius 2 is 1.95 bits per heavy atom. The van der Waals surface area contributed by atoms with Crippen LogP contribution in [0.25, 0.3) is 11.0 Å². The van der Waals surface area contributed by atoms with Crippen LogP contribution in [0.4, 0.5) is 13.2 Å². The van der Waals surface area contributed by atoms with Gasteiger partial charge >= 0.3 is 6.18 Å². The highest BCUT2D eigenvalue weighted by Gasteiger charge is 2.38. The van der Waals surface area contributed by atoms with Gasteiger partial charge < -0.3 is 14.8 Å². The van der Waals surface area contributed by atoms with Crippen molar-refractivity contribution in [1.29, 1.82) is 0 Å². The minimum atomic E-state index is -4.67. The molecule has 1 aromatic carbocycles. The first-order valence-electron chi connectivity index (χ1n) is 6.23. The highest BCUT2D eigenvalue weighted by Crippen LogP contribution is 2.24. The molecule has 7 heteroatoms. The van der Waals surface area contributed by atoms with Gasteiger partial charge in [0.05, 0.1) is 17.6 Å². The van der Waals surface area contributed by atoms with E-state index in [0.717, 1.165) is 0 Å². The molecule has 2 rings (SSSR count). The summed E-state index contributed by atoms with van der Waals surface area (Å²) in [6.07, 6.45) is -6.34. The maximum absolute atomic E-state index is 12.5. The van der Waals surface area contributed by atoms with Crippen LogP contribution in [0.15, 0.2) is 24.3 Å². The second-order valence-electron chi connectivity index (χ2n) is 4.51. The number of fused-ring (bicyclic) bond motifs is 1. The van der Waals surface area contributed by atoms with Crippen molar-refractivity contribution in [3.05, 3.63) is 30.1 Å². The number of benzene rings is 1. The number of hydrogen-bond donors (Lipinski definition) is 2. The standard InChI is InChI=1S/C13H15F3N2O2/c14-13(15,16)11(20)8-18-10-5-2-1-4-9(10)17-12(18)6-3-7-19/h1-2,4-5,11,19-20H,3,6-8H2/t11-/m0/s1. The Balaban J connectivity index is 2.37. The fraction of sp³-hybridized carbons (Fsp3) is 0.462. The van der Waals surface area contributed by atoms with Crippen molar-refractivity contribution in [2.75, 3.05) is 6.61 Å². The largest absolute Gasteiger partial charge is 0.416 e. The molecule has 0 amide bonds. The van der Waals surface area contributed by atoms with Crippen LogP contribution >= 0.6 is 0 Å². The Bertz CT molecular complexity index is 580. The molecule has 0 aliphatic heterocycles. The molecule has 2 N–H and O–H groups in total. The molecular formula is C13H15F3N2O2. The van der Waals surface area contributed by atoms with Gasteiger partial charge in [-0.25, -0.2) is 4.98 Å². The van der Waals surface area contributed by atoms with Crippen LogP contribution in [-0.2, 0) is 13.0 Å². The van der Waals surface area contributed by atoms with Gasteiger partial charge in [-0.2, -0.15) is 13.2 Å². The summed E-state index contributed by atoms with van der Waals surface area (Å²) in [4.78, 5) is 4.26. The van der Waals surface area contributed by atoms with E-state index in [1.807, 2.05) is 0 Å². The predicted molar refractivity (Wildman–Crippen MR) is 67.2 cm³/mol. The van der Waals surface area contributed by atoms with Crippen molar-refractivity contribution in [3.8, 4) is 0 Å². The number of nitrogens with zero attached hydrogens (tertiary/aromatic N) is 2.